The fraction of sp³-hybridized carbons (Fsp3) is 0.478. The zero-order valence-corrected chi connectivity index (χ0v) is 37.4. The van der Waals surface area contributed by atoms with Crippen LogP contribution in [0.1, 0.15) is 64.5 Å². The zero-order valence-electron chi connectivity index (χ0n) is 37.4. The number of methoxy groups -OCH3 is 4. The maximum atomic E-state index is 13.7. The van der Waals surface area contributed by atoms with Gasteiger partial charge in [-0.1, -0.05) is 42.5 Å². The third-order valence-corrected chi connectivity index (χ3v) is 11.8. The summed E-state index contributed by atoms with van der Waals surface area (Å²) in [6.45, 7) is 8.54. The molecule has 17 heteroatoms. The second-order valence-corrected chi connectivity index (χ2v) is 16.7. The number of para-hydroxylation sites is 1. The van der Waals surface area contributed by atoms with Crippen LogP contribution in [0.15, 0.2) is 78.9 Å². The van der Waals surface area contributed by atoms with E-state index >= 15 is 0 Å². The lowest BCUT2D eigenvalue weighted by Crippen LogP contribution is -2.60. The van der Waals surface area contributed by atoms with Crippen molar-refractivity contribution in [3.63, 3.8) is 0 Å². The topological polar surface area (TPSA) is 197 Å². The fourth-order valence-electron chi connectivity index (χ4n) is 7.75. The Balaban J connectivity index is 1.22. The maximum absolute atomic E-state index is 13.7. The molecule has 2 aliphatic heterocycles. The Morgan fingerprint density at radius 3 is 1.33 bits per heavy atom. The molecule has 6 amide bonds. The molecular formula is C46H61N7O10. The molecule has 0 unspecified atom stereocenters. The summed E-state index contributed by atoms with van der Waals surface area (Å²) in [7, 11) is 5.33. The largest absolute Gasteiger partial charge is 0.453 e. The predicted octanol–water partition coefficient (Wildman–Crippen LogP) is 5.05. The highest BCUT2D eigenvalue weighted by molar-refractivity contribution is 6.00. The summed E-state index contributed by atoms with van der Waals surface area (Å²) in [5.74, 6) is -1.52. The number of ether oxygens (including phenoxy) is 4. The highest BCUT2D eigenvalue weighted by Crippen LogP contribution is 2.28. The van der Waals surface area contributed by atoms with Crippen LogP contribution in [-0.4, -0.2) is 123 Å². The average molecular weight is 872 g/mol. The number of amides is 6. The van der Waals surface area contributed by atoms with Crippen LogP contribution in [0.2, 0.25) is 0 Å². The Morgan fingerprint density at radius 2 is 0.984 bits per heavy atom. The van der Waals surface area contributed by atoms with Crippen LogP contribution in [0, 0.1) is 0 Å². The molecular weight excluding hydrogens is 811 g/mol. The molecule has 3 aromatic rings. The first kappa shape index (κ1) is 47.8. The van der Waals surface area contributed by atoms with Crippen LogP contribution in [0.4, 0.5) is 26.7 Å². The molecule has 2 heterocycles. The van der Waals surface area contributed by atoms with E-state index in [4.69, 9.17) is 18.9 Å². The molecule has 4 N–H and O–H groups in total. The lowest BCUT2D eigenvalue weighted by molar-refractivity contribution is -0.144. The minimum atomic E-state index is -1.08. The van der Waals surface area contributed by atoms with Gasteiger partial charge in [-0.05, 0) is 101 Å². The molecule has 4 atom stereocenters. The Kier molecular flexibility index (Phi) is 16.1. The van der Waals surface area contributed by atoms with Gasteiger partial charge in [-0.15, -0.1) is 0 Å². The maximum Gasteiger partial charge on any atom is 0.407 e. The Labute approximate surface area is 369 Å². The van der Waals surface area contributed by atoms with Gasteiger partial charge in [0.25, 0.3) is 0 Å². The molecule has 5 rings (SSSR count). The Morgan fingerprint density at radius 1 is 0.603 bits per heavy atom. The van der Waals surface area contributed by atoms with E-state index < -0.39 is 59.4 Å². The first-order valence-corrected chi connectivity index (χ1v) is 21.0. The quantitative estimate of drug-likeness (QED) is 0.142. The summed E-state index contributed by atoms with van der Waals surface area (Å²) in [6.07, 6.45) is 0.648. The van der Waals surface area contributed by atoms with Crippen LogP contribution in [0.5, 0.6) is 0 Å². The molecule has 2 fully saturated rings. The first-order valence-electron chi connectivity index (χ1n) is 21.0. The number of anilines is 3. The SMILES string of the molecule is COC(=O)N[C@H](C(=O)N1CCC[C@H]1C(=O)Nc1ccc(CN(Cc2ccc(NC(=O)[C@@H]3CCCN3C(=O)[C@@H](NC(=O)OC)C(C)(C)OC)cc2)c2ccccc2)cc1)C(C)(C)OC. The van der Waals surface area contributed by atoms with Crippen molar-refractivity contribution in [1.29, 1.82) is 0 Å². The minimum Gasteiger partial charge on any atom is -0.453 e. The van der Waals surface area contributed by atoms with Gasteiger partial charge in [-0.2, -0.15) is 0 Å². The molecule has 0 aromatic heterocycles. The van der Waals surface area contributed by atoms with Crippen molar-refractivity contribution in [2.75, 3.05) is 57.1 Å². The number of hydrogen-bond donors (Lipinski definition) is 4. The van der Waals surface area contributed by atoms with E-state index in [-0.39, 0.29) is 11.8 Å². The number of alkyl carbamates (subject to hydrolysis) is 2. The van der Waals surface area contributed by atoms with Crippen molar-refractivity contribution < 1.29 is 47.7 Å². The average Bonchev–Trinajstić information content (AvgIpc) is 4.00. The van der Waals surface area contributed by atoms with Crippen molar-refractivity contribution in [2.45, 2.75) is 102 Å². The van der Waals surface area contributed by atoms with Crippen LogP contribution in [0.25, 0.3) is 0 Å². The Hall–Kier alpha value is -6.20. The molecule has 2 aliphatic rings. The number of carbonyl (C=O) groups is 6. The van der Waals surface area contributed by atoms with Crippen molar-refractivity contribution >= 4 is 52.9 Å². The van der Waals surface area contributed by atoms with Crippen LogP contribution >= 0.6 is 0 Å². The van der Waals surface area contributed by atoms with Crippen LogP contribution in [0.3, 0.4) is 0 Å². The number of benzene rings is 3. The van der Waals surface area contributed by atoms with Gasteiger partial charge >= 0.3 is 12.2 Å². The van der Waals surface area contributed by atoms with Gasteiger partial charge in [0.2, 0.25) is 23.6 Å². The lowest BCUT2D eigenvalue weighted by Gasteiger charge is -2.36. The lowest BCUT2D eigenvalue weighted by atomic mass is 9.96. The van der Waals surface area contributed by atoms with Gasteiger partial charge in [0.05, 0.1) is 25.4 Å². The smallest absolute Gasteiger partial charge is 0.407 e. The van der Waals surface area contributed by atoms with Crippen molar-refractivity contribution in [2.24, 2.45) is 0 Å². The van der Waals surface area contributed by atoms with E-state index in [1.807, 2.05) is 78.9 Å². The van der Waals surface area contributed by atoms with Crippen LogP contribution in [-0.2, 0) is 51.2 Å². The summed E-state index contributed by atoms with van der Waals surface area (Å²) in [6, 6.07) is 21.5. The number of nitrogens with one attached hydrogen (secondary N) is 4. The number of rotatable bonds is 17. The Bertz CT molecular complexity index is 1940. The van der Waals surface area contributed by atoms with E-state index in [0.29, 0.717) is 63.2 Å². The number of carbonyl (C=O) groups excluding carboxylic acids is 6. The summed E-state index contributed by atoms with van der Waals surface area (Å²) in [5, 5.41) is 11.1. The molecule has 340 valence electrons. The normalized spacial score (nSPS) is 17.3. The summed E-state index contributed by atoms with van der Waals surface area (Å²) in [4.78, 5) is 84.1. The molecule has 17 nitrogen and oxygen atoms in total. The summed E-state index contributed by atoms with van der Waals surface area (Å²) in [5.41, 5.74) is 2.00. The third-order valence-electron chi connectivity index (χ3n) is 11.8. The van der Waals surface area contributed by atoms with Gasteiger partial charge in [0.1, 0.15) is 24.2 Å². The molecule has 0 bridgehead atoms. The summed E-state index contributed by atoms with van der Waals surface area (Å²) >= 11 is 0. The van der Waals surface area contributed by atoms with Gasteiger partial charge in [-0.3, -0.25) is 19.2 Å². The second kappa shape index (κ2) is 21.3. The predicted molar refractivity (Wildman–Crippen MR) is 237 cm³/mol. The van der Waals surface area contributed by atoms with Crippen molar-refractivity contribution in [3.05, 3.63) is 90.0 Å². The standard InChI is InChI=1S/C46H61N7O10/c1-45(2,62-7)37(49-43(58)60-5)41(56)52-26-12-16-35(52)39(54)47-32-22-18-30(19-23-32)28-51(34-14-10-9-11-15-34)29-31-20-24-33(25-21-31)48-40(55)36-17-13-27-53(36)42(57)38(46(3,4)63-8)50-44(59)61-6/h9-11,14-15,18-25,35-38H,12-13,16-17,26-29H2,1-8H3,(H,47,54)(H,48,55)(H,49,58)(H,50,59)/t35-,36-,37+,38+/m0/s1. The van der Waals surface area contributed by atoms with Gasteiger partial charge in [-0.25, -0.2) is 9.59 Å². The van der Waals surface area contributed by atoms with E-state index in [0.717, 1.165) is 16.8 Å². The van der Waals surface area contributed by atoms with Crippen molar-refractivity contribution in [1.82, 2.24) is 20.4 Å². The van der Waals surface area contributed by atoms with Gasteiger partial charge < -0.3 is 54.9 Å². The monoisotopic (exact) mass is 871 g/mol. The van der Waals surface area contributed by atoms with E-state index in [9.17, 15) is 28.8 Å². The number of hydrogen-bond acceptors (Lipinski definition) is 11. The zero-order chi connectivity index (χ0) is 45.9. The highest BCUT2D eigenvalue weighted by atomic mass is 16.5. The van der Waals surface area contributed by atoms with E-state index in [1.54, 1.807) is 27.7 Å². The number of nitrogens with zero attached hydrogens (tertiary/aromatic N) is 3. The van der Waals surface area contributed by atoms with Crippen LogP contribution < -0.4 is 26.2 Å². The van der Waals surface area contributed by atoms with Gasteiger partial charge in [0, 0.05) is 57.5 Å². The number of likely N-dealkylation sites (tertiary alicyclic amines) is 2. The summed E-state index contributed by atoms with van der Waals surface area (Å²) < 4.78 is 20.5. The molecule has 0 spiro atoms. The van der Waals surface area contributed by atoms with E-state index in [2.05, 4.69) is 26.2 Å². The molecule has 0 aliphatic carbocycles. The van der Waals surface area contributed by atoms with Gasteiger partial charge in [0.15, 0.2) is 0 Å². The van der Waals surface area contributed by atoms with Crippen molar-refractivity contribution in [3.8, 4) is 0 Å². The molecule has 2 saturated heterocycles. The highest BCUT2D eigenvalue weighted by Gasteiger charge is 2.45. The minimum absolute atomic E-state index is 0.326. The molecule has 3 aromatic carbocycles. The molecule has 0 radical (unpaired) electrons. The second-order valence-electron chi connectivity index (χ2n) is 16.7. The fourth-order valence-corrected chi connectivity index (χ4v) is 7.75. The first-order chi connectivity index (χ1) is 30.0. The molecule has 63 heavy (non-hydrogen) atoms. The third kappa shape index (κ3) is 12.0. The molecule has 0 saturated carbocycles. The van der Waals surface area contributed by atoms with E-state index in [1.165, 1.54) is 38.2 Å².